The zero-order valence-corrected chi connectivity index (χ0v) is 14.1. The Morgan fingerprint density at radius 1 is 1.39 bits per heavy atom. The second-order valence-corrected chi connectivity index (χ2v) is 6.46. The topological polar surface area (TPSA) is 29.9 Å². The second kappa shape index (κ2) is 6.06. The van der Waals surface area contributed by atoms with Gasteiger partial charge in [0.2, 0.25) is 0 Å². The standard InChI is InChI=1S/C13H15BrIN3/c1-9(2)18-6-5-11(17-18)8-16-13-4-3-10(15)7-12(13)14/h3-7,9,16H,8H2,1-2H3. The van der Waals surface area contributed by atoms with Gasteiger partial charge in [-0.3, -0.25) is 4.68 Å². The molecular formula is C13H15BrIN3. The minimum Gasteiger partial charge on any atom is -0.378 e. The first kappa shape index (κ1) is 13.9. The summed E-state index contributed by atoms with van der Waals surface area (Å²) >= 11 is 5.86. The van der Waals surface area contributed by atoms with E-state index in [9.17, 15) is 0 Å². The van der Waals surface area contributed by atoms with Crippen molar-refractivity contribution in [3.05, 3.63) is 44.2 Å². The van der Waals surface area contributed by atoms with Crippen molar-refractivity contribution < 1.29 is 0 Å². The average Bonchev–Trinajstić information content (AvgIpc) is 2.76. The molecule has 1 aromatic carbocycles. The lowest BCUT2D eigenvalue weighted by atomic mass is 10.3. The smallest absolute Gasteiger partial charge is 0.0815 e. The maximum Gasteiger partial charge on any atom is 0.0815 e. The minimum atomic E-state index is 0.406. The predicted molar refractivity (Wildman–Crippen MR) is 86.8 cm³/mol. The lowest BCUT2D eigenvalue weighted by Crippen LogP contribution is -2.05. The molecule has 2 aromatic rings. The maximum atomic E-state index is 4.51. The molecule has 3 nitrogen and oxygen atoms in total. The molecule has 0 spiro atoms. The van der Waals surface area contributed by atoms with Gasteiger partial charge in [-0.2, -0.15) is 5.10 Å². The van der Waals surface area contributed by atoms with Crippen LogP contribution in [0.15, 0.2) is 34.9 Å². The third-order valence-corrected chi connectivity index (χ3v) is 3.91. The molecule has 0 aliphatic rings. The normalized spacial score (nSPS) is 10.9. The van der Waals surface area contributed by atoms with Crippen LogP contribution in [0.4, 0.5) is 5.69 Å². The monoisotopic (exact) mass is 419 g/mol. The van der Waals surface area contributed by atoms with Crippen LogP contribution in [0.1, 0.15) is 25.6 Å². The molecule has 1 N–H and O–H groups in total. The van der Waals surface area contributed by atoms with E-state index in [0.717, 1.165) is 22.4 Å². The lowest BCUT2D eigenvalue weighted by Gasteiger charge is -2.08. The van der Waals surface area contributed by atoms with Crippen LogP contribution in [-0.4, -0.2) is 9.78 Å². The van der Waals surface area contributed by atoms with Gasteiger partial charge in [-0.15, -0.1) is 0 Å². The molecule has 0 bridgehead atoms. The van der Waals surface area contributed by atoms with Crippen LogP contribution in [0, 0.1) is 3.57 Å². The Morgan fingerprint density at radius 3 is 2.78 bits per heavy atom. The molecule has 5 heteroatoms. The number of hydrogen-bond acceptors (Lipinski definition) is 2. The third kappa shape index (κ3) is 3.47. The Kier molecular flexibility index (Phi) is 4.66. The molecule has 2 rings (SSSR count). The third-order valence-electron chi connectivity index (χ3n) is 2.58. The van der Waals surface area contributed by atoms with Crippen LogP contribution >= 0.6 is 38.5 Å². The van der Waals surface area contributed by atoms with E-state index in [-0.39, 0.29) is 0 Å². The Bertz CT molecular complexity index is 537. The van der Waals surface area contributed by atoms with E-state index in [1.54, 1.807) is 0 Å². The van der Waals surface area contributed by atoms with Crippen LogP contribution in [0.3, 0.4) is 0 Å². The minimum absolute atomic E-state index is 0.406. The average molecular weight is 420 g/mol. The van der Waals surface area contributed by atoms with Crippen molar-refractivity contribution in [2.24, 2.45) is 0 Å². The molecule has 0 saturated heterocycles. The summed E-state index contributed by atoms with van der Waals surface area (Å²) in [5.41, 5.74) is 2.14. The molecule has 0 aliphatic carbocycles. The highest BCUT2D eigenvalue weighted by atomic mass is 127. The Labute approximate surface area is 129 Å². The first-order chi connectivity index (χ1) is 8.56. The molecule has 0 unspecified atom stereocenters. The van der Waals surface area contributed by atoms with E-state index in [1.165, 1.54) is 3.57 Å². The van der Waals surface area contributed by atoms with Crippen molar-refractivity contribution in [2.45, 2.75) is 26.4 Å². The Hall–Kier alpha value is -0.560. The fraction of sp³-hybridized carbons (Fsp3) is 0.308. The number of nitrogens with zero attached hydrogens (tertiary/aromatic N) is 2. The molecule has 1 heterocycles. The molecule has 96 valence electrons. The van der Waals surface area contributed by atoms with Crippen molar-refractivity contribution >= 4 is 44.2 Å². The molecule has 0 atom stereocenters. The molecular weight excluding hydrogens is 405 g/mol. The predicted octanol–water partition coefficient (Wildman–Crippen LogP) is 4.44. The van der Waals surface area contributed by atoms with Gasteiger partial charge in [0.15, 0.2) is 0 Å². The quantitative estimate of drug-likeness (QED) is 0.742. The fourth-order valence-corrected chi connectivity index (χ4v) is 3.02. The summed E-state index contributed by atoms with van der Waals surface area (Å²) in [5.74, 6) is 0. The summed E-state index contributed by atoms with van der Waals surface area (Å²) in [4.78, 5) is 0. The molecule has 0 amide bonds. The Balaban J connectivity index is 2.02. The highest BCUT2D eigenvalue weighted by Gasteiger charge is 2.04. The summed E-state index contributed by atoms with van der Waals surface area (Å²) in [6.07, 6.45) is 2.02. The van der Waals surface area contributed by atoms with E-state index in [2.05, 4.69) is 81.0 Å². The number of aromatic nitrogens is 2. The highest BCUT2D eigenvalue weighted by molar-refractivity contribution is 14.1. The zero-order chi connectivity index (χ0) is 13.1. The van der Waals surface area contributed by atoms with E-state index in [4.69, 9.17) is 0 Å². The Morgan fingerprint density at radius 2 is 2.17 bits per heavy atom. The van der Waals surface area contributed by atoms with E-state index >= 15 is 0 Å². The molecule has 18 heavy (non-hydrogen) atoms. The van der Waals surface area contributed by atoms with Gasteiger partial charge in [-0.25, -0.2) is 0 Å². The van der Waals surface area contributed by atoms with Crippen molar-refractivity contribution in [1.82, 2.24) is 9.78 Å². The van der Waals surface area contributed by atoms with Gasteiger partial charge < -0.3 is 5.32 Å². The lowest BCUT2D eigenvalue weighted by molar-refractivity contribution is 0.527. The first-order valence-corrected chi connectivity index (χ1v) is 7.66. The fourth-order valence-electron chi connectivity index (χ4n) is 1.58. The number of nitrogens with one attached hydrogen (secondary N) is 1. The van der Waals surface area contributed by atoms with E-state index < -0.39 is 0 Å². The van der Waals surface area contributed by atoms with Crippen LogP contribution < -0.4 is 5.32 Å². The first-order valence-electron chi connectivity index (χ1n) is 5.79. The van der Waals surface area contributed by atoms with Crippen LogP contribution in [-0.2, 0) is 6.54 Å². The summed E-state index contributed by atoms with van der Waals surface area (Å²) in [6, 6.07) is 8.71. The molecule has 1 aromatic heterocycles. The number of halogens is 2. The zero-order valence-electron chi connectivity index (χ0n) is 10.3. The van der Waals surface area contributed by atoms with Crippen LogP contribution in [0.2, 0.25) is 0 Å². The van der Waals surface area contributed by atoms with Crippen molar-refractivity contribution in [3.8, 4) is 0 Å². The van der Waals surface area contributed by atoms with Crippen LogP contribution in [0.5, 0.6) is 0 Å². The number of rotatable bonds is 4. The van der Waals surface area contributed by atoms with E-state index in [1.807, 2.05) is 16.9 Å². The van der Waals surface area contributed by atoms with Gasteiger partial charge in [-0.1, -0.05) is 0 Å². The summed E-state index contributed by atoms with van der Waals surface area (Å²) in [7, 11) is 0. The van der Waals surface area contributed by atoms with Crippen molar-refractivity contribution in [3.63, 3.8) is 0 Å². The van der Waals surface area contributed by atoms with Crippen molar-refractivity contribution in [2.75, 3.05) is 5.32 Å². The van der Waals surface area contributed by atoms with Gasteiger partial charge in [0, 0.05) is 26.0 Å². The second-order valence-electron chi connectivity index (χ2n) is 4.36. The number of hydrogen-bond donors (Lipinski definition) is 1. The number of benzene rings is 1. The number of anilines is 1. The molecule has 0 radical (unpaired) electrons. The highest BCUT2D eigenvalue weighted by Crippen LogP contribution is 2.24. The molecule has 0 aliphatic heterocycles. The van der Waals surface area contributed by atoms with Gasteiger partial charge in [0.05, 0.1) is 12.2 Å². The molecule has 0 saturated carbocycles. The summed E-state index contributed by atoms with van der Waals surface area (Å²) in [5, 5.41) is 7.89. The largest absolute Gasteiger partial charge is 0.378 e. The van der Waals surface area contributed by atoms with Gasteiger partial charge in [0.25, 0.3) is 0 Å². The van der Waals surface area contributed by atoms with Gasteiger partial charge >= 0.3 is 0 Å². The maximum absolute atomic E-state index is 4.51. The van der Waals surface area contributed by atoms with Gasteiger partial charge in [-0.05, 0) is 76.6 Å². The van der Waals surface area contributed by atoms with Crippen molar-refractivity contribution in [1.29, 1.82) is 0 Å². The van der Waals surface area contributed by atoms with Crippen LogP contribution in [0.25, 0.3) is 0 Å². The summed E-state index contributed by atoms with van der Waals surface area (Å²) < 4.78 is 4.27. The van der Waals surface area contributed by atoms with E-state index in [0.29, 0.717) is 6.04 Å². The SMILES string of the molecule is CC(C)n1ccc(CNc2ccc(I)cc2Br)n1. The molecule has 0 fully saturated rings. The summed E-state index contributed by atoms with van der Waals surface area (Å²) in [6.45, 7) is 4.98. The van der Waals surface area contributed by atoms with Gasteiger partial charge in [0.1, 0.15) is 0 Å².